The number of carboxylic acids is 1. The molecule has 0 unspecified atom stereocenters. The Kier molecular flexibility index (Phi) is 6.68. The Balaban J connectivity index is 1.48. The number of carboxylic acid groups (broad SMARTS) is 1. The van der Waals surface area contributed by atoms with Gasteiger partial charge < -0.3 is 19.0 Å². The van der Waals surface area contributed by atoms with Gasteiger partial charge in [-0.1, -0.05) is 39.3 Å². The second-order valence-corrected chi connectivity index (χ2v) is 9.33. The van der Waals surface area contributed by atoms with Gasteiger partial charge in [0.05, 0.1) is 18.9 Å². The van der Waals surface area contributed by atoms with Crippen LogP contribution in [0, 0.1) is 12.8 Å². The molecule has 6 heteroatoms. The highest BCUT2D eigenvalue weighted by Gasteiger charge is 2.40. The van der Waals surface area contributed by atoms with E-state index < -0.39 is 11.8 Å². The van der Waals surface area contributed by atoms with Crippen LogP contribution >= 0.6 is 0 Å². The maximum atomic E-state index is 11.1. The average molecular weight is 416 g/mol. The summed E-state index contributed by atoms with van der Waals surface area (Å²) in [6.07, 6.45) is 3.79. The Labute approximate surface area is 178 Å². The van der Waals surface area contributed by atoms with Crippen molar-refractivity contribution in [1.29, 1.82) is 0 Å². The molecule has 0 spiro atoms. The lowest BCUT2D eigenvalue weighted by Gasteiger charge is -2.34. The highest BCUT2D eigenvalue weighted by Crippen LogP contribution is 2.28. The first-order chi connectivity index (χ1) is 14.1. The lowest BCUT2D eigenvalue weighted by molar-refractivity contribution is -0.271. The van der Waals surface area contributed by atoms with Crippen molar-refractivity contribution in [2.24, 2.45) is 5.92 Å². The number of unbranched alkanes of at least 4 members (excludes halogenated alkanes) is 1. The first-order valence-electron chi connectivity index (χ1n) is 10.7. The SMILES string of the molecule is Cc1oc(-c2ccc(C(C)(C)C)cc2)nc1CCCC[C@H]1CO[C@@](C)(C(=O)O)OC1. The van der Waals surface area contributed by atoms with Crippen LogP contribution in [0.15, 0.2) is 28.7 Å². The molecule has 3 rings (SSSR count). The Bertz CT molecular complexity index is 855. The third kappa shape index (κ3) is 5.29. The van der Waals surface area contributed by atoms with E-state index in [0.29, 0.717) is 19.1 Å². The van der Waals surface area contributed by atoms with Gasteiger partial charge in [-0.25, -0.2) is 9.78 Å². The number of carbonyl (C=O) groups is 1. The number of nitrogens with zero attached hydrogens (tertiary/aromatic N) is 1. The number of hydrogen-bond donors (Lipinski definition) is 1. The van der Waals surface area contributed by atoms with E-state index in [-0.39, 0.29) is 11.3 Å². The molecule has 164 valence electrons. The van der Waals surface area contributed by atoms with E-state index in [9.17, 15) is 4.79 Å². The van der Waals surface area contributed by atoms with E-state index >= 15 is 0 Å². The topological polar surface area (TPSA) is 81.8 Å². The van der Waals surface area contributed by atoms with Crippen LogP contribution in [0.25, 0.3) is 11.5 Å². The highest BCUT2D eigenvalue weighted by molar-refractivity contribution is 5.75. The quantitative estimate of drug-likeness (QED) is 0.632. The summed E-state index contributed by atoms with van der Waals surface area (Å²) in [7, 11) is 0. The van der Waals surface area contributed by atoms with Gasteiger partial charge in [-0.2, -0.15) is 0 Å². The summed E-state index contributed by atoms with van der Waals surface area (Å²) in [4.78, 5) is 15.8. The second-order valence-electron chi connectivity index (χ2n) is 9.33. The summed E-state index contributed by atoms with van der Waals surface area (Å²) in [6.45, 7) is 10.8. The maximum absolute atomic E-state index is 11.1. The van der Waals surface area contributed by atoms with Crippen molar-refractivity contribution in [3.8, 4) is 11.5 Å². The van der Waals surface area contributed by atoms with Crippen LogP contribution in [-0.4, -0.2) is 35.1 Å². The van der Waals surface area contributed by atoms with E-state index in [1.54, 1.807) is 0 Å². The molecule has 2 aromatic rings. The predicted molar refractivity (Wildman–Crippen MR) is 114 cm³/mol. The van der Waals surface area contributed by atoms with E-state index in [1.165, 1.54) is 12.5 Å². The first-order valence-corrected chi connectivity index (χ1v) is 10.7. The molecule has 2 heterocycles. The molecule has 30 heavy (non-hydrogen) atoms. The van der Waals surface area contributed by atoms with Crippen molar-refractivity contribution < 1.29 is 23.8 Å². The summed E-state index contributed by atoms with van der Waals surface area (Å²) < 4.78 is 16.7. The minimum Gasteiger partial charge on any atom is -0.477 e. The van der Waals surface area contributed by atoms with Crippen molar-refractivity contribution in [1.82, 2.24) is 4.98 Å². The third-order valence-corrected chi connectivity index (χ3v) is 5.74. The van der Waals surface area contributed by atoms with Gasteiger partial charge >= 0.3 is 5.97 Å². The minimum atomic E-state index is -1.50. The molecule has 1 fully saturated rings. The Morgan fingerprint density at radius 2 is 1.80 bits per heavy atom. The first kappa shape index (κ1) is 22.5. The molecule has 1 aromatic heterocycles. The fourth-order valence-electron chi connectivity index (χ4n) is 3.56. The number of rotatable bonds is 7. The molecule has 0 bridgehead atoms. The number of ether oxygens (including phenoxy) is 2. The molecule has 1 aromatic carbocycles. The summed E-state index contributed by atoms with van der Waals surface area (Å²) in [5.41, 5.74) is 3.40. The molecule has 1 saturated heterocycles. The molecule has 0 atom stereocenters. The van der Waals surface area contributed by atoms with Gasteiger partial charge in [0, 0.05) is 18.4 Å². The van der Waals surface area contributed by atoms with E-state index in [2.05, 4.69) is 45.0 Å². The molecule has 1 aliphatic rings. The average Bonchev–Trinajstić information content (AvgIpc) is 3.07. The van der Waals surface area contributed by atoms with Gasteiger partial charge in [0.25, 0.3) is 5.79 Å². The number of benzene rings is 1. The molecule has 0 radical (unpaired) electrons. The molecule has 0 aliphatic carbocycles. The van der Waals surface area contributed by atoms with E-state index in [4.69, 9.17) is 24.0 Å². The largest absolute Gasteiger partial charge is 0.477 e. The molecular formula is C24H33NO5. The van der Waals surface area contributed by atoms with Crippen molar-refractivity contribution in [2.75, 3.05) is 13.2 Å². The highest BCUT2D eigenvalue weighted by atomic mass is 16.7. The van der Waals surface area contributed by atoms with Gasteiger partial charge in [0.15, 0.2) is 0 Å². The molecule has 1 aliphatic heterocycles. The second kappa shape index (κ2) is 8.90. The van der Waals surface area contributed by atoms with Crippen molar-refractivity contribution in [3.05, 3.63) is 41.3 Å². The number of aryl methyl sites for hydroxylation is 2. The zero-order valence-electron chi connectivity index (χ0n) is 18.7. The lowest BCUT2D eigenvalue weighted by Crippen LogP contribution is -2.47. The van der Waals surface area contributed by atoms with E-state index in [1.807, 2.05) is 6.92 Å². The normalized spacial score (nSPS) is 22.2. The van der Waals surface area contributed by atoms with Crippen molar-refractivity contribution in [2.45, 2.75) is 71.5 Å². The fraction of sp³-hybridized carbons (Fsp3) is 0.583. The molecule has 0 saturated carbocycles. The van der Waals surface area contributed by atoms with Crippen LogP contribution < -0.4 is 0 Å². The lowest BCUT2D eigenvalue weighted by atomic mass is 9.87. The van der Waals surface area contributed by atoms with E-state index in [0.717, 1.165) is 42.7 Å². The van der Waals surface area contributed by atoms with Crippen LogP contribution in [-0.2, 0) is 26.1 Å². The molecule has 1 N–H and O–H groups in total. The van der Waals surface area contributed by atoms with Gasteiger partial charge in [0.2, 0.25) is 5.89 Å². The molecule has 0 amide bonds. The minimum absolute atomic E-state index is 0.122. The third-order valence-electron chi connectivity index (χ3n) is 5.74. The summed E-state index contributed by atoms with van der Waals surface area (Å²) in [5, 5.41) is 9.12. The van der Waals surface area contributed by atoms with Crippen LogP contribution in [0.2, 0.25) is 0 Å². The monoisotopic (exact) mass is 415 g/mol. The number of aliphatic carboxylic acids is 1. The smallest absolute Gasteiger partial charge is 0.364 e. The molecule has 6 nitrogen and oxygen atoms in total. The van der Waals surface area contributed by atoms with Crippen LogP contribution in [0.3, 0.4) is 0 Å². The zero-order chi connectivity index (χ0) is 21.9. The predicted octanol–water partition coefficient (Wildman–Crippen LogP) is 5.12. The van der Waals surface area contributed by atoms with Gasteiger partial charge in [-0.05, 0) is 49.3 Å². The number of oxazole rings is 1. The van der Waals surface area contributed by atoms with Crippen molar-refractivity contribution >= 4 is 5.97 Å². The Hall–Kier alpha value is -2.18. The fourth-order valence-corrected chi connectivity index (χ4v) is 3.56. The molecular weight excluding hydrogens is 382 g/mol. The van der Waals surface area contributed by atoms with Crippen LogP contribution in [0.5, 0.6) is 0 Å². The summed E-state index contributed by atoms with van der Waals surface area (Å²) >= 11 is 0. The Morgan fingerprint density at radius 1 is 1.17 bits per heavy atom. The van der Waals surface area contributed by atoms with Crippen molar-refractivity contribution in [3.63, 3.8) is 0 Å². The maximum Gasteiger partial charge on any atom is 0.364 e. The van der Waals surface area contributed by atoms with Gasteiger partial charge in [-0.15, -0.1) is 0 Å². The van der Waals surface area contributed by atoms with Gasteiger partial charge in [-0.3, -0.25) is 0 Å². The standard InChI is InChI=1S/C24H33NO5/c1-16-20(9-7-6-8-17-14-28-24(5,22(26)27)29-15-17)25-21(30-16)18-10-12-19(13-11-18)23(2,3)4/h10-13,17H,6-9,14-15H2,1-5H3,(H,26,27)/t17-,24+. The summed E-state index contributed by atoms with van der Waals surface area (Å²) in [6, 6.07) is 8.42. The van der Waals surface area contributed by atoms with Crippen LogP contribution in [0.4, 0.5) is 0 Å². The Morgan fingerprint density at radius 3 is 2.37 bits per heavy atom. The van der Waals surface area contributed by atoms with Gasteiger partial charge in [0.1, 0.15) is 5.76 Å². The zero-order valence-corrected chi connectivity index (χ0v) is 18.7. The number of hydrogen-bond acceptors (Lipinski definition) is 5. The van der Waals surface area contributed by atoms with Crippen LogP contribution in [0.1, 0.15) is 64.0 Å². The number of aromatic nitrogens is 1. The summed E-state index contributed by atoms with van der Waals surface area (Å²) in [5.74, 6) is -0.814.